The maximum absolute atomic E-state index is 14.6. The molecule has 49 heavy (non-hydrogen) atoms. The number of fused-ring (bicyclic) bond motifs is 2. The molecular weight excluding hydrogens is 690 g/mol. The number of hydrogen-bond donors (Lipinski definition) is 2. The van der Waals surface area contributed by atoms with Crippen LogP contribution in [0.2, 0.25) is 0 Å². The van der Waals surface area contributed by atoms with E-state index in [4.69, 9.17) is 0 Å². The van der Waals surface area contributed by atoms with Gasteiger partial charge in [-0.3, -0.25) is 9.59 Å². The van der Waals surface area contributed by atoms with E-state index in [0.29, 0.717) is 48.6 Å². The molecule has 2 aromatic carbocycles. The number of carboxylic acid groups (broad SMARTS) is 2. The minimum absolute atomic E-state index is 0. The Morgan fingerprint density at radius 3 is 1.29 bits per heavy atom. The fraction of sp³-hybridized carbons (Fsp3) is 0.412. The van der Waals surface area contributed by atoms with Crippen molar-refractivity contribution in [3.05, 3.63) is 79.9 Å². The average molecular weight is 724 g/mol. The Kier molecular flexibility index (Phi) is 9.81. The van der Waals surface area contributed by atoms with Crippen molar-refractivity contribution in [1.29, 1.82) is 0 Å². The summed E-state index contributed by atoms with van der Waals surface area (Å²) < 4.78 is 32.8. The molecule has 4 heterocycles. The van der Waals surface area contributed by atoms with Crippen molar-refractivity contribution in [2.45, 2.75) is 37.8 Å². The van der Waals surface area contributed by atoms with E-state index in [1.54, 1.807) is 21.3 Å². The molecule has 261 valence electrons. The van der Waals surface area contributed by atoms with Crippen molar-refractivity contribution in [2.75, 3.05) is 62.2 Å². The number of aromatic carboxylic acids is 2. The van der Waals surface area contributed by atoms with Crippen molar-refractivity contribution in [3.63, 3.8) is 0 Å². The first-order chi connectivity index (χ1) is 23.1. The van der Waals surface area contributed by atoms with E-state index in [2.05, 4.69) is 10.6 Å². The summed E-state index contributed by atoms with van der Waals surface area (Å²) in [6.45, 7) is 5.85. The average Bonchev–Trinajstić information content (AvgIpc) is 4.01. The van der Waals surface area contributed by atoms with Crippen molar-refractivity contribution in [1.82, 2.24) is 19.8 Å². The van der Waals surface area contributed by atoms with E-state index in [9.17, 15) is 38.2 Å². The smallest absolute Gasteiger partial charge is 0.545 e. The molecule has 12 nitrogen and oxygen atoms in total. The molecule has 2 aromatic heterocycles. The Morgan fingerprint density at radius 1 is 0.633 bits per heavy atom. The van der Waals surface area contributed by atoms with E-state index in [1.807, 2.05) is 9.80 Å². The number of rotatable bonds is 6. The fourth-order valence-electron chi connectivity index (χ4n) is 6.61. The van der Waals surface area contributed by atoms with Crippen molar-refractivity contribution in [3.8, 4) is 0 Å². The van der Waals surface area contributed by atoms with E-state index in [1.165, 1.54) is 24.5 Å². The molecule has 2 aliphatic heterocycles. The molecule has 0 amide bonds. The predicted molar refractivity (Wildman–Crippen MR) is 172 cm³/mol. The monoisotopic (exact) mass is 723 g/mol. The van der Waals surface area contributed by atoms with Crippen LogP contribution >= 0.6 is 0 Å². The molecular formula is C34H34CuF2N6O6. The third-order valence-electron chi connectivity index (χ3n) is 9.44. The van der Waals surface area contributed by atoms with Crippen LogP contribution in [0.4, 0.5) is 20.2 Å². The Balaban J connectivity index is 0.000000167. The zero-order valence-electron chi connectivity index (χ0n) is 26.4. The number of benzene rings is 2. The van der Waals surface area contributed by atoms with Gasteiger partial charge in [-0.2, -0.15) is 0 Å². The Bertz CT molecular complexity index is 1920. The van der Waals surface area contributed by atoms with Crippen LogP contribution in [-0.4, -0.2) is 73.4 Å². The summed E-state index contributed by atoms with van der Waals surface area (Å²) in [7, 11) is 0. The van der Waals surface area contributed by atoms with Gasteiger partial charge in [0.2, 0.25) is 0 Å². The summed E-state index contributed by atoms with van der Waals surface area (Å²) in [5.74, 6) is -4.05. The van der Waals surface area contributed by atoms with E-state index in [-0.39, 0.29) is 39.9 Å². The number of piperazine rings is 2. The van der Waals surface area contributed by atoms with Crippen LogP contribution in [-0.2, 0) is 17.1 Å². The quantitative estimate of drug-likeness (QED) is 0.269. The zero-order chi connectivity index (χ0) is 33.7. The number of nitrogens with zero attached hydrogens (tertiary/aromatic N) is 4. The van der Waals surface area contributed by atoms with Gasteiger partial charge in [0.15, 0.2) is 10.9 Å². The summed E-state index contributed by atoms with van der Waals surface area (Å²) in [5, 5.41) is 29.1. The molecule has 0 atom stereocenters. The van der Waals surface area contributed by atoms with Gasteiger partial charge >= 0.3 is 17.1 Å². The second-order valence-corrected chi connectivity index (χ2v) is 12.7. The molecule has 15 heteroatoms. The van der Waals surface area contributed by atoms with Crippen molar-refractivity contribution in [2.24, 2.45) is 0 Å². The van der Waals surface area contributed by atoms with E-state index < -0.39 is 45.6 Å². The number of hydrogen-bond acceptors (Lipinski definition) is 10. The third-order valence-corrected chi connectivity index (χ3v) is 9.44. The number of halogens is 2. The Hall–Kier alpha value is -4.30. The van der Waals surface area contributed by atoms with Crippen molar-refractivity contribution < 1.29 is 45.7 Å². The number of anilines is 2. The first kappa shape index (κ1) is 34.6. The first-order valence-electron chi connectivity index (χ1n) is 16.2. The second-order valence-electron chi connectivity index (χ2n) is 12.7. The topological polar surface area (TPSA) is 155 Å². The summed E-state index contributed by atoms with van der Waals surface area (Å²) in [5.41, 5.74) is -0.115. The molecule has 2 saturated heterocycles. The van der Waals surface area contributed by atoms with Gasteiger partial charge in [-0.15, -0.1) is 0 Å². The molecule has 4 fully saturated rings. The molecule has 4 aromatic rings. The van der Waals surface area contributed by atoms with Crippen LogP contribution in [0.15, 0.2) is 46.2 Å². The zero-order valence-corrected chi connectivity index (χ0v) is 27.3. The number of carbonyl (C=O) groups is 2. The van der Waals surface area contributed by atoms with Crippen LogP contribution in [0.5, 0.6) is 0 Å². The van der Waals surface area contributed by atoms with Gasteiger partial charge in [0.05, 0.1) is 45.5 Å². The standard InChI is InChI=1S/2C17H18FN3O3.Cu/c2*18-13-7-11-14(8-15(13)20-5-3-19-4-6-20)21(10-1-2-10)9-12(16(11)22)17(23)24;/h2*7-10,19H,1-6H2,(H,23,24);/q;;+2/p-2. The van der Waals surface area contributed by atoms with Gasteiger partial charge in [0.25, 0.3) is 0 Å². The maximum Gasteiger partial charge on any atom is 2.00 e. The SMILES string of the molecule is O=C([O-])c1cn(C2CC2)c2cc(N3CCNCC3)c(F)cc2c1=O.O=C([O-])c1cn(C2CC2)c2cc(N3CCNCC3)c(F)cc2c1=O.[Cu+2]. The summed E-state index contributed by atoms with van der Waals surface area (Å²) in [6, 6.07) is 6.00. The molecule has 8 rings (SSSR count). The fourth-order valence-corrected chi connectivity index (χ4v) is 6.61. The maximum atomic E-state index is 14.6. The third kappa shape index (κ3) is 6.80. The molecule has 2 saturated carbocycles. The molecule has 0 spiro atoms. The number of carbonyl (C=O) groups excluding carboxylic acids is 2. The normalized spacial score (nSPS) is 17.8. The number of carboxylic acids is 2. The summed E-state index contributed by atoms with van der Waals surface area (Å²) in [4.78, 5) is 51.1. The molecule has 2 N–H and O–H groups in total. The largest absolute Gasteiger partial charge is 2.00 e. The minimum atomic E-state index is -1.53. The summed E-state index contributed by atoms with van der Waals surface area (Å²) >= 11 is 0. The molecule has 4 aliphatic rings. The predicted octanol–water partition coefficient (Wildman–Crippen LogP) is 0.495. The summed E-state index contributed by atoms with van der Waals surface area (Å²) in [6.07, 6.45) is 6.37. The number of aromatic nitrogens is 2. The second kappa shape index (κ2) is 13.9. The van der Waals surface area contributed by atoms with Crippen LogP contribution in [0.3, 0.4) is 0 Å². The number of nitrogens with one attached hydrogen (secondary N) is 2. The van der Waals surface area contributed by atoms with Crippen LogP contribution in [0, 0.1) is 11.6 Å². The Morgan fingerprint density at radius 2 is 0.980 bits per heavy atom. The molecule has 2 aliphatic carbocycles. The number of pyridine rings is 2. The van der Waals surface area contributed by atoms with Gasteiger partial charge in [-0.05, 0) is 49.9 Å². The van der Waals surface area contributed by atoms with E-state index >= 15 is 0 Å². The van der Waals surface area contributed by atoms with Gasteiger partial charge in [-0.1, -0.05) is 0 Å². The van der Waals surface area contributed by atoms with Gasteiger partial charge in [0, 0.05) is 87.6 Å². The van der Waals surface area contributed by atoms with Crippen LogP contribution in [0.1, 0.15) is 58.5 Å². The van der Waals surface area contributed by atoms with Crippen LogP contribution in [0.25, 0.3) is 21.8 Å². The molecule has 0 unspecified atom stereocenters. The van der Waals surface area contributed by atoms with E-state index in [0.717, 1.165) is 51.9 Å². The van der Waals surface area contributed by atoms with Crippen LogP contribution < -0.4 is 41.5 Å². The van der Waals surface area contributed by atoms with Gasteiger partial charge in [0.1, 0.15) is 11.6 Å². The van der Waals surface area contributed by atoms with Crippen molar-refractivity contribution >= 4 is 45.1 Å². The Labute approximate surface area is 289 Å². The minimum Gasteiger partial charge on any atom is -0.545 e. The first-order valence-corrected chi connectivity index (χ1v) is 16.2. The molecule has 1 radical (unpaired) electrons. The molecule has 0 bridgehead atoms. The van der Waals surface area contributed by atoms with Gasteiger partial charge in [-0.25, -0.2) is 8.78 Å². The van der Waals surface area contributed by atoms with Gasteiger partial charge < -0.3 is 49.4 Å².